The molecule has 1 heterocycles. The molecule has 0 spiro atoms. The number of carbonyl (C=O) groups excluding carboxylic acids is 1. The minimum Gasteiger partial charge on any atom is -0.417 e. The molecule has 0 fully saturated rings. The number of fused-ring (bicyclic) bond motifs is 1. The third kappa shape index (κ3) is 2.96. The molecule has 0 saturated carbocycles. The van der Waals surface area contributed by atoms with Gasteiger partial charge in [0.15, 0.2) is 5.76 Å². The van der Waals surface area contributed by atoms with Crippen molar-refractivity contribution in [1.29, 1.82) is 0 Å². The van der Waals surface area contributed by atoms with E-state index in [4.69, 9.17) is 4.42 Å². The molecule has 0 atom stereocenters. The van der Waals surface area contributed by atoms with Gasteiger partial charge >= 0.3 is 5.63 Å². The van der Waals surface area contributed by atoms with Gasteiger partial charge < -0.3 is 9.73 Å². The number of anilines is 1. The van der Waals surface area contributed by atoms with E-state index in [1.54, 1.807) is 18.2 Å². The van der Waals surface area contributed by atoms with Crippen molar-refractivity contribution in [3.63, 3.8) is 0 Å². The van der Waals surface area contributed by atoms with Crippen LogP contribution in [0.5, 0.6) is 0 Å². The Bertz CT molecular complexity index is 979. The van der Waals surface area contributed by atoms with E-state index in [1.807, 2.05) is 6.92 Å². The summed E-state index contributed by atoms with van der Waals surface area (Å²) in [6, 6.07) is 9.29. The zero-order valence-corrected chi connectivity index (χ0v) is 12.0. The molecule has 1 N–H and O–H groups in total. The van der Waals surface area contributed by atoms with Crippen LogP contribution >= 0.6 is 0 Å². The second-order valence-electron chi connectivity index (χ2n) is 5.07. The fourth-order valence-electron chi connectivity index (χ4n) is 2.18. The average molecular weight is 315 g/mol. The van der Waals surface area contributed by atoms with Crippen LogP contribution in [0.1, 0.15) is 16.1 Å². The fraction of sp³-hybridized carbons (Fsp3) is 0.0588. The lowest BCUT2D eigenvalue weighted by atomic mass is 10.1. The van der Waals surface area contributed by atoms with Gasteiger partial charge in [-0.15, -0.1) is 0 Å². The number of rotatable bonds is 2. The smallest absolute Gasteiger partial charge is 0.344 e. The molecule has 0 unspecified atom stereocenters. The Labute approximate surface area is 129 Å². The number of benzene rings is 2. The first kappa shape index (κ1) is 14.9. The Morgan fingerprint density at radius 2 is 1.87 bits per heavy atom. The van der Waals surface area contributed by atoms with Gasteiger partial charge in [0.1, 0.15) is 11.6 Å². The van der Waals surface area contributed by atoms with Crippen LogP contribution in [-0.2, 0) is 0 Å². The molecule has 1 aromatic heterocycles. The second-order valence-corrected chi connectivity index (χ2v) is 5.07. The van der Waals surface area contributed by atoms with Crippen LogP contribution in [-0.4, -0.2) is 5.91 Å². The molecule has 0 bridgehead atoms. The molecule has 0 aliphatic carbocycles. The Kier molecular flexibility index (Phi) is 3.65. The quantitative estimate of drug-likeness (QED) is 0.785. The van der Waals surface area contributed by atoms with Gasteiger partial charge in [0, 0.05) is 6.07 Å². The number of aryl methyl sites for hydroxylation is 1. The standard InChI is InChI=1S/C17H11F2NO3/c1-9-2-3-10-7-15(23-17(22)12(10)6-9)16(21)20-14-5-4-11(18)8-13(14)19/h2-8H,1H3,(H,20,21). The molecule has 0 aliphatic heterocycles. The summed E-state index contributed by atoms with van der Waals surface area (Å²) >= 11 is 0. The van der Waals surface area contributed by atoms with Gasteiger partial charge in [-0.2, -0.15) is 0 Å². The first-order valence-corrected chi connectivity index (χ1v) is 6.75. The highest BCUT2D eigenvalue weighted by Gasteiger charge is 2.14. The summed E-state index contributed by atoms with van der Waals surface area (Å²) in [6.45, 7) is 1.83. The fourth-order valence-corrected chi connectivity index (χ4v) is 2.18. The van der Waals surface area contributed by atoms with Crippen molar-refractivity contribution in [3.05, 3.63) is 75.8 Å². The minimum atomic E-state index is -0.919. The SMILES string of the molecule is Cc1ccc2cc(C(=O)Nc3ccc(F)cc3F)oc(=O)c2c1. The van der Waals surface area contributed by atoms with E-state index in [0.717, 1.165) is 17.7 Å². The van der Waals surface area contributed by atoms with Crippen LogP contribution in [0, 0.1) is 18.6 Å². The maximum Gasteiger partial charge on any atom is 0.344 e. The van der Waals surface area contributed by atoms with Gasteiger partial charge in [-0.05, 0) is 36.6 Å². The van der Waals surface area contributed by atoms with Gasteiger partial charge in [0.25, 0.3) is 5.91 Å². The lowest BCUT2D eigenvalue weighted by Crippen LogP contribution is -2.15. The maximum absolute atomic E-state index is 13.6. The topological polar surface area (TPSA) is 59.3 Å². The Balaban J connectivity index is 1.98. The van der Waals surface area contributed by atoms with Crippen LogP contribution in [0.4, 0.5) is 14.5 Å². The van der Waals surface area contributed by atoms with Crippen molar-refractivity contribution in [2.45, 2.75) is 6.92 Å². The summed E-state index contributed by atoms with van der Waals surface area (Å²) in [7, 11) is 0. The van der Waals surface area contributed by atoms with Crippen molar-refractivity contribution >= 4 is 22.4 Å². The maximum atomic E-state index is 13.6. The second kappa shape index (κ2) is 5.64. The van der Waals surface area contributed by atoms with E-state index in [-0.39, 0.29) is 11.4 Å². The van der Waals surface area contributed by atoms with E-state index >= 15 is 0 Å². The molecule has 4 nitrogen and oxygen atoms in total. The number of hydrogen-bond acceptors (Lipinski definition) is 3. The van der Waals surface area contributed by atoms with Crippen LogP contribution in [0.3, 0.4) is 0 Å². The Morgan fingerprint density at radius 3 is 2.61 bits per heavy atom. The summed E-state index contributed by atoms with van der Waals surface area (Å²) in [5.41, 5.74) is 0.0226. The third-order valence-corrected chi connectivity index (χ3v) is 3.32. The Hall–Kier alpha value is -3.02. The highest BCUT2D eigenvalue weighted by molar-refractivity contribution is 6.04. The highest BCUT2D eigenvalue weighted by atomic mass is 19.1. The van der Waals surface area contributed by atoms with E-state index < -0.39 is 23.2 Å². The number of carbonyl (C=O) groups is 1. The molecule has 23 heavy (non-hydrogen) atoms. The van der Waals surface area contributed by atoms with Crippen LogP contribution < -0.4 is 10.9 Å². The van der Waals surface area contributed by atoms with Crippen molar-refractivity contribution in [2.24, 2.45) is 0 Å². The van der Waals surface area contributed by atoms with E-state index in [1.165, 1.54) is 6.07 Å². The van der Waals surface area contributed by atoms with Crippen molar-refractivity contribution in [1.82, 2.24) is 0 Å². The number of halogens is 2. The van der Waals surface area contributed by atoms with E-state index in [9.17, 15) is 18.4 Å². The molecule has 1 amide bonds. The van der Waals surface area contributed by atoms with Crippen molar-refractivity contribution in [2.75, 3.05) is 5.32 Å². The molecule has 0 radical (unpaired) electrons. The molecule has 0 aliphatic rings. The largest absolute Gasteiger partial charge is 0.417 e. The van der Waals surface area contributed by atoms with Crippen molar-refractivity contribution < 1.29 is 18.0 Å². The van der Waals surface area contributed by atoms with E-state index in [2.05, 4.69) is 5.32 Å². The van der Waals surface area contributed by atoms with Crippen molar-refractivity contribution in [3.8, 4) is 0 Å². The molecular formula is C17H11F2NO3. The first-order chi connectivity index (χ1) is 10.9. The van der Waals surface area contributed by atoms with Crippen LogP contribution in [0.25, 0.3) is 10.8 Å². The summed E-state index contributed by atoms with van der Waals surface area (Å²) in [5, 5.41) is 3.14. The predicted octanol–water partition coefficient (Wildman–Crippen LogP) is 3.63. The monoisotopic (exact) mass is 315 g/mol. The lowest BCUT2D eigenvalue weighted by Gasteiger charge is -2.06. The van der Waals surface area contributed by atoms with E-state index in [0.29, 0.717) is 16.8 Å². The van der Waals surface area contributed by atoms with Gasteiger partial charge in [0.05, 0.1) is 11.1 Å². The third-order valence-electron chi connectivity index (χ3n) is 3.32. The van der Waals surface area contributed by atoms with Gasteiger partial charge in [-0.25, -0.2) is 13.6 Å². The zero-order chi connectivity index (χ0) is 16.6. The average Bonchev–Trinajstić information content (AvgIpc) is 2.50. The summed E-state index contributed by atoms with van der Waals surface area (Å²) in [4.78, 5) is 24.1. The molecule has 3 aromatic rings. The minimum absolute atomic E-state index is 0.206. The summed E-state index contributed by atoms with van der Waals surface area (Å²) < 4.78 is 31.4. The molecule has 3 rings (SSSR count). The zero-order valence-electron chi connectivity index (χ0n) is 12.0. The highest BCUT2D eigenvalue weighted by Crippen LogP contribution is 2.18. The predicted molar refractivity (Wildman–Crippen MR) is 81.5 cm³/mol. The Morgan fingerprint density at radius 1 is 1.09 bits per heavy atom. The van der Waals surface area contributed by atoms with Gasteiger partial charge in [0.2, 0.25) is 0 Å². The van der Waals surface area contributed by atoms with Crippen LogP contribution in [0.15, 0.2) is 51.7 Å². The van der Waals surface area contributed by atoms with Crippen LogP contribution in [0.2, 0.25) is 0 Å². The van der Waals surface area contributed by atoms with Gasteiger partial charge in [-0.1, -0.05) is 17.7 Å². The normalized spacial score (nSPS) is 10.7. The molecule has 0 saturated heterocycles. The molecule has 2 aromatic carbocycles. The van der Waals surface area contributed by atoms with Gasteiger partial charge in [-0.3, -0.25) is 4.79 Å². The number of amides is 1. The summed E-state index contributed by atoms with van der Waals surface area (Å²) in [6.07, 6.45) is 0. The molecular weight excluding hydrogens is 304 g/mol. The number of nitrogens with one attached hydrogen (secondary N) is 1. The molecule has 116 valence electrons. The summed E-state index contributed by atoms with van der Waals surface area (Å²) in [5.74, 6) is -2.73. The first-order valence-electron chi connectivity index (χ1n) is 6.75. The number of hydrogen-bond donors (Lipinski definition) is 1. The molecule has 6 heteroatoms. The lowest BCUT2D eigenvalue weighted by molar-refractivity contribution is 0.0992.